The quantitative estimate of drug-likeness (QED) is 0.237. The number of aromatic nitrogens is 5. The molecular formula is C37H25N5. The van der Waals surface area contributed by atoms with Gasteiger partial charge in [-0.2, -0.15) is 0 Å². The average molecular weight is 540 g/mol. The number of hydrogen-bond donors (Lipinski definition) is 1. The van der Waals surface area contributed by atoms with E-state index in [1.165, 1.54) is 32.9 Å². The molecule has 5 heteroatoms. The summed E-state index contributed by atoms with van der Waals surface area (Å²) in [4.78, 5) is 17.2. The van der Waals surface area contributed by atoms with Gasteiger partial charge in [0.2, 0.25) is 0 Å². The Hall–Kier alpha value is -5.81. The van der Waals surface area contributed by atoms with Crippen molar-refractivity contribution in [2.45, 2.75) is 0 Å². The number of nitrogens with one attached hydrogen (secondary N) is 1. The molecule has 198 valence electrons. The first-order valence-electron chi connectivity index (χ1n) is 13.9. The molecule has 3 aromatic heterocycles. The Morgan fingerprint density at radius 2 is 1.02 bits per heavy atom. The minimum atomic E-state index is 0.610. The van der Waals surface area contributed by atoms with Gasteiger partial charge in [0.05, 0.1) is 34.9 Å². The van der Waals surface area contributed by atoms with E-state index >= 15 is 0 Å². The van der Waals surface area contributed by atoms with Crippen molar-refractivity contribution in [3.63, 3.8) is 0 Å². The first-order valence-corrected chi connectivity index (χ1v) is 13.9. The number of fused-ring (bicyclic) bond motifs is 3. The first-order chi connectivity index (χ1) is 20.8. The Labute approximate surface area is 242 Å². The van der Waals surface area contributed by atoms with Gasteiger partial charge in [-0.05, 0) is 41.5 Å². The molecule has 0 unspecified atom stereocenters. The molecule has 5 nitrogen and oxygen atoms in total. The SMILES string of the molecule is c1ccc(-c2ccc(-c3cc(-c4ccc(-n5c6ccccc6c6ccccc65)cc4)nc(-c4cnc[nH]4)n3)cc2)cc1. The zero-order valence-corrected chi connectivity index (χ0v) is 22.6. The van der Waals surface area contributed by atoms with E-state index < -0.39 is 0 Å². The summed E-state index contributed by atoms with van der Waals surface area (Å²) in [6.07, 6.45) is 3.41. The summed E-state index contributed by atoms with van der Waals surface area (Å²) in [5, 5.41) is 2.50. The maximum Gasteiger partial charge on any atom is 0.178 e. The van der Waals surface area contributed by atoms with Gasteiger partial charge in [-0.25, -0.2) is 15.0 Å². The van der Waals surface area contributed by atoms with Crippen molar-refractivity contribution in [3.05, 3.63) is 146 Å². The van der Waals surface area contributed by atoms with Gasteiger partial charge in [0, 0.05) is 27.6 Å². The molecular weight excluding hydrogens is 514 g/mol. The molecule has 8 aromatic rings. The summed E-state index contributed by atoms with van der Waals surface area (Å²) in [7, 11) is 0. The number of aromatic amines is 1. The monoisotopic (exact) mass is 539 g/mol. The number of benzene rings is 5. The van der Waals surface area contributed by atoms with Crippen LogP contribution in [0.2, 0.25) is 0 Å². The van der Waals surface area contributed by atoms with E-state index in [0.29, 0.717) is 5.82 Å². The lowest BCUT2D eigenvalue weighted by molar-refractivity contribution is 1.15. The largest absolute Gasteiger partial charge is 0.342 e. The molecule has 0 radical (unpaired) electrons. The van der Waals surface area contributed by atoms with Crippen molar-refractivity contribution < 1.29 is 0 Å². The van der Waals surface area contributed by atoms with Gasteiger partial charge in [-0.3, -0.25) is 0 Å². The van der Waals surface area contributed by atoms with E-state index in [2.05, 4.69) is 142 Å². The maximum atomic E-state index is 4.94. The van der Waals surface area contributed by atoms with Gasteiger partial charge in [0.1, 0.15) is 5.69 Å². The van der Waals surface area contributed by atoms with E-state index in [0.717, 1.165) is 33.9 Å². The fourth-order valence-corrected chi connectivity index (χ4v) is 5.69. The second-order valence-electron chi connectivity index (χ2n) is 10.3. The predicted molar refractivity (Wildman–Crippen MR) is 170 cm³/mol. The smallest absolute Gasteiger partial charge is 0.178 e. The fraction of sp³-hybridized carbons (Fsp3) is 0. The highest BCUT2D eigenvalue weighted by molar-refractivity contribution is 6.09. The Kier molecular flexibility index (Phi) is 5.71. The van der Waals surface area contributed by atoms with Gasteiger partial charge in [-0.15, -0.1) is 0 Å². The second kappa shape index (κ2) is 9.98. The number of nitrogens with zero attached hydrogens (tertiary/aromatic N) is 4. The number of para-hydroxylation sites is 2. The summed E-state index contributed by atoms with van der Waals surface area (Å²) in [5.74, 6) is 0.610. The highest BCUT2D eigenvalue weighted by Gasteiger charge is 2.14. The minimum absolute atomic E-state index is 0.610. The lowest BCUT2D eigenvalue weighted by atomic mass is 10.0. The number of hydrogen-bond acceptors (Lipinski definition) is 3. The molecule has 0 aliphatic carbocycles. The van der Waals surface area contributed by atoms with Crippen LogP contribution in [0.25, 0.3) is 72.7 Å². The molecule has 0 atom stereocenters. The Morgan fingerprint density at radius 1 is 0.500 bits per heavy atom. The molecule has 5 aromatic carbocycles. The van der Waals surface area contributed by atoms with E-state index in [1.807, 2.05) is 6.07 Å². The lowest BCUT2D eigenvalue weighted by Gasteiger charge is -2.11. The van der Waals surface area contributed by atoms with Crippen LogP contribution in [0.15, 0.2) is 146 Å². The molecule has 42 heavy (non-hydrogen) atoms. The van der Waals surface area contributed by atoms with Gasteiger partial charge in [0.15, 0.2) is 5.82 Å². The summed E-state index contributed by atoms with van der Waals surface area (Å²) < 4.78 is 2.32. The number of rotatable bonds is 5. The molecule has 0 saturated heterocycles. The van der Waals surface area contributed by atoms with Gasteiger partial charge >= 0.3 is 0 Å². The van der Waals surface area contributed by atoms with Crippen LogP contribution in [0.5, 0.6) is 0 Å². The standard InChI is InChI=1S/C37H25N5/c1-2-8-25(9-3-1)26-14-16-27(17-15-26)32-22-33(41-37(40-32)34-23-38-24-39-34)28-18-20-29(21-19-28)42-35-12-6-4-10-30(35)31-11-5-7-13-36(31)42/h1-24H,(H,38,39). The van der Waals surface area contributed by atoms with E-state index in [-0.39, 0.29) is 0 Å². The molecule has 3 heterocycles. The van der Waals surface area contributed by atoms with Crippen LogP contribution in [-0.4, -0.2) is 24.5 Å². The third kappa shape index (κ3) is 4.16. The third-order valence-electron chi connectivity index (χ3n) is 7.75. The van der Waals surface area contributed by atoms with Gasteiger partial charge in [-0.1, -0.05) is 103 Å². The lowest BCUT2D eigenvalue weighted by Crippen LogP contribution is -1.97. The van der Waals surface area contributed by atoms with E-state index in [9.17, 15) is 0 Å². The molecule has 8 rings (SSSR count). The van der Waals surface area contributed by atoms with Crippen LogP contribution in [0.3, 0.4) is 0 Å². The van der Waals surface area contributed by atoms with Crippen molar-refractivity contribution in [1.82, 2.24) is 24.5 Å². The van der Waals surface area contributed by atoms with Gasteiger partial charge < -0.3 is 9.55 Å². The van der Waals surface area contributed by atoms with Gasteiger partial charge in [0.25, 0.3) is 0 Å². The van der Waals surface area contributed by atoms with Crippen molar-refractivity contribution in [2.75, 3.05) is 0 Å². The zero-order valence-electron chi connectivity index (χ0n) is 22.6. The molecule has 0 fully saturated rings. The topological polar surface area (TPSA) is 59.4 Å². The van der Waals surface area contributed by atoms with E-state index in [4.69, 9.17) is 9.97 Å². The normalized spacial score (nSPS) is 11.3. The van der Waals surface area contributed by atoms with Crippen LogP contribution < -0.4 is 0 Å². The number of H-pyrrole nitrogens is 1. The van der Waals surface area contributed by atoms with E-state index in [1.54, 1.807) is 12.5 Å². The average Bonchev–Trinajstić information content (AvgIpc) is 3.73. The summed E-state index contributed by atoms with van der Waals surface area (Å²) in [6, 6.07) is 46.7. The summed E-state index contributed by atoms with van der Waals surface area (Å²) in [5.41, 5.74) is 10.4. The Bertz CT molecular complexity index is 2110. The van der Waals surface area contributed by atoms with Crippen molar-refractivity contribution in [3.8, 4) is 50.8 Å². The molecule has 1 N–H and O–H groups in total. The molecule has 0 aliphatic heterocycles. The summed E-state index contributed by atoms with van der Waals surface area (Å²) in [6.45, 7) is 0. The van der Waals surface area contributed by atoms with Crippen molar-refractivity contribution in [1.29, 1.82) is 0 Å². The molecule has 0 saturated carbocycles. The molecule has 0 spiro atoms. The Balaban J connectivity index is 1.21. The van der Waals surface area contributed by atoms with Crippen LogP contribution in [0.4, 0.5) is 0 Å². The first kappa shape index (κ1) is 24.0. The zero-order chi connectivity index (χ0) is 27.9. The highest BCUT2D eigenvalue weighted by atomic mass is 15.0. The number of imidazole rings is 1. The van der Waals surface area contributed by atoms with Crippen LogP contribution >= 0.6 is 0 Å². The van der Waals surface area contributed by atoms with Crippen LogP contribution in [-0.2, 0) is 0 Å². The molecule has 0 aliphatic rings. The predicted octanol–water partition coefficient (Wildman–Crippen LogP) is 8.96. The fourth-order valence-electron chi connectivity index (χ4n) is 5.69. The molecule has 0 amide bonds. The van der Waals surface area contributed by atoms with Crippen LogP contribution in [0, 0.1) is 0 Å². The van der Waals surface area contributed by atoms with Crippen molar-refractivity contribution in [2.24, 2.45) is 0 Å². The third-order valence-corrected chi connectivity index (χ3v) is 7.75. The van der Waals surface area contributed by atoms with Crippen LogP contribution in [0.1, 0.15) is 0 Å². The summed E-state index contributed by atoms with van der Waals surface area (Å²) >= 11 is 0. The maximum absolute atomic E-state index is 4.94. The van der Waals surface area contributed by atoms with Crippen molar-refractivity contribution >= 4 is 21.8 Å². The molecule has 0 bridgehead atoms. The minimum Gasteiger partial charge on any atom is -0.342 e. The second-order valence-corrected chi connectivity index (χ2v) is 10.3. The Morgan fingerprint density at radius 3 is 1.62 bits per heavy atom. The highest BCUT2D eigenvalue weighted by Crippen LogP contribution is 2.33.